The number of methoxy groups -OCH3 is 1. The molecule has 11 heteroatoms. The molecule has 0 unspecified atom stereocenters. The molecule has 0 saturated carbocycles. The van der Waals surface area contributed by atoms with Gasteiger partial charge in [-0.3, -0.25) is 20.4 Å². The Labute approximate surface area is 200 Å². The summed E-state index contributed by atoms with van der Waals surface area (Å²) in [6, 6.07) is 10.4. The van der Waals surface area contributed by atoms with E-state index in [4.69, 9.17) is 37.4 Å². The number of hydrogen-bond acceptors (Lipinski definition) is 6. The van der Waals surface area contributed by atoms with Crippen molar-refractivity contribution >= 4 is 35.0 Å². The van der Waals surface area contributed by atoms with Gasteiger partial charge in [0.25, 0.3) is 5.91 Å². The smallest absolute Gasteiger partial charge is 0.277 e. The van der Waals surface area contributed by atoms with Gasteiger partial charge in [0.1, 0.15) is 23.7 Å². The second-order valence-electron chi connectivity index (χ2n) is 6.98. The average molecular weight is 493 g/mol. The molecule has 3 rings (SSSR count). The molecule has 0 atom stereocenters. The predicted octanol–water partition coefficient (Wildman–Crippen LogP) is 4.20. The Morgan fingerprint density at radius 1 is 1.06 bits per heavy atom. The highest BCUT2D eigenvalue weighted by molar-refractivity contribution is 6.36. The Morgan fingerprint density at radius 2 is 1.73 bits per heavy atom. The van der Waals surface area contributed by atoms with Crippen molar-refractivity contribution in [2.24, 2.45) is 7.05 Å². The number of hydrogen-bond donors (Lipinski definition) is 2. The molecule has 33 heavy (non-hydrogen) atoms. The molecule has 0 saturated heterocycles. The van der Waals surface area contributed by atoms with Crippen molar-refractivity contribution in [3.63, 3.8) is 0 Å². The number of carbonyl (C=O) groups is 2. The maximum atomic E-state index is 12.6. The Kier molecular flexibility index (Phi) is 7.67. The van der Waals surface area contributed by atoms with E-state index in [2.05, 4.69) is 16.0 Å². The van der Waals surface area contributed by atoms with Crippen LogP contribution in [0.3, 0.4) is 0 Å². The molecule has 3 aromatic rings. The van der Waals surface area contributed by atoms with Crippen LogP contribution in [0.1, 0.15) is 28.5 Å². The number of amides is 2. The lowest BCUT2D eigenvalue weighted by atomic mass is 10.2. The average Bonchev–Trinajstić information content (AvgIpc) is 3.06. The zero-order valence-electron chi connectivity index (χ0n) is 18.4. The standard InChI is InChI=1S/C22H22Cl2N4O5/c1-12-20(21(30)26-25-13(2)29)22(28(3)27-12)33-19-10-18(16(23)9-17(19)24)32-11-14-5-7-15(31-4)8-6-14/h5-10H,11H2,1-4H3,(H,25,29)(H,26,30). The maximum absolute atomic E-state index is 12.6. The van der Waals surface area contributed by atoms with Gasteiger partial charge in [-0.15, -0.1) is 0 Å². The van der Waals surface area contributed by atoms with Gasteiger partial charge >= 0.3 is 0 Å². The summed E-state index contributed by atoms with van der Waals surface area (Å²) in [5.74, 6) is 0.403. The molecule has 9 nitrogen and oxygen atoms in total. The maximum Gasteiger partial charge on any atom is 0.277 e. The van der Waals surface area contributed by atoms with Gasteiger partial charge in [-0.1, -0.05) is 35.3 Å². The van der Waals surface area contributed by atoms with Gasteiger partial charge in [-0.05, 0) is 30.7 Å². The highest BCUT2D eigenvalue weighted by atomic mass is 35.5. The van der Waals surface area contributed by atoms with Crippen molar-refractivity contribution < 1.29 is 23.8 Å². The molecule has 1 heterocycles. The minimum atomic E-state index is -0.591. The van der Waals surface area contributed by atoms with Crippen LogP contribution in [0.2, 0.25) is 10.0 Å². The van der Waals surface area contributed by atoms with Crippen molar-refractivity contribution in [3.05, 3.63) is 63.3 Å². The molecule has 0 aliphatic rings. The van der Waals surface area contributed by atoms with Crippen LogP contribution >= 0.6 is 23.2 Å². The SMILES string of the molecule is COc1ccc(COc2cc(Oc3c(C(=O)NNC(C)=O)c(C)nn3C)c(Cl)cc2Cl)cc1. The highest BCUT2D eigenvalue weighted by Crippen LogP contribution is 2.39. The van der Waals surface area contributed by atoms with Crippen molar-refractivity contribution in [1.29, 1.82) is 0 Å². The molecule has 0 radical (unpaired) electrons. The Hall–Kier alpha value is -3.43. The van der Waals surface area contributed by atoms with E-state index >= 15 is 0 Å². The van der Waals surface area contributed by atoms with Crippen molar-refractivity contribution in [2.75, 3.05) is 7.11 Å². The first kappa shape index (κ1) is 24.2. The zero-order chi connectivity index (χ0) is 24.1. The molecule has 0 aliphatic heterocycles. The topological polar surface area (TPSA) is 104 Å². The number of ether oxygens (including phenoxy) is 3. The van der Waals surface area contributed by atoms with Gasteiger partial charge in [-0.2, -0.15) is 5.10 Å². The summed E-state index contributed by atoms with van der Waals surface area (Å²) < 4.78 is 18.3. The van der Waals surface area contributed by atoms with Crippen LogP contribution in [0.5, 0.6) is 23.1 Å². The molecular weight excluding hydrogens is 471 g/mol. The second-order valence-corrected chi connectivity index (χ2v) is 7.79. The van der Waals surface area contributed by atoms with Crippen LogP contribution < -0.4 is 25.1 Å². The number of aromatic nitrogens is 2. The van der Waals surface area contributed by atoms with Crippen LogP contribution in [0.25, 0.3) is 0 Å². The molecule has 2 N–H and O–H groups in total. The van der Waals surface area contributed by atoms with E-state index in [9.17, 15) is 9.59 Å². The van der Waals surface area contributed by atoms with Crippen molar-refractivity contribution in [2.45, 2.75) is 20.5 Å². The minimum Gasteiger partial charge on any atom is -0.497 e. The van der Waals surface area contributed by atoms with E-state index < -0.39 is 11.8 Å². The number of nitrogens with zero attached hydrogens (tertiary/aromatic N) is 2. The number of nitrogens with one attached hydrogen (secondary N) is 2. The van der Waals surface area contributed by atoms with Gasteiger partial charge in [0.05, 0.1) is 22.8 Å². The first-order chi connectivity index (χ1) is 15.7. The summed E-state index contributed by atoms with van der Waals surface area (Å²) in [4.78, 5) is 23.7. The fourth-order valence-corrected chi connectivity index (χ4v) is 3.39. The first-order valence-electron chi connectivity index (χ1n) is 9.72. The van der Waals surface area contributed by atoms with Crippen LogP contribution in [-0.2, 0) is 18.4 Å². The molecule has 0 fully saturated rings. The lowest BCUT2D eigenvalue weighted by Crippen LogP contribution is -2.40. The Morgan fingerprint density at radius 3 is 2.36 bits per heavy atom. The van der Waals surface area contributed by atoms with Gasteiger partial charge < -0.3 is 14.2 Å². The predicted molar refractivity (Wildman–Crippen MR) is 123 cm³/mol. The Balaban J connectivity index is 1.84. The highest BCUT2D eigenvalue weighted by Gasteiger charge is 2.24. The van der Waals surface area contributed by atoms with E-state index in [1.807, 2.05) is 24.3 Å². The van der Waals surface area contributed by atoms with Crippen molar-refractivity contribution in [1.82, 2.24) is 20.6 Å². The summed E-state index contributed by atoms with van der Waals surface area (Å²) in [5.41, 5.74) is 5.98. The molecule has 0 bridgehead atoms. The van der Waals surface area contributed by atoms with Gasteiger partial charge in [0, 0.05) is 20.0 Å². The van der Waals surface area contributed by atoms with Crippen LogP contribution in [0.15, 0.2) is 36.4 Å². The molecule has 0 spiro atoms. The molecule has 1 aromatic heterocycles. The van der Waals surface area contributed by atoms with E-state index in [0.717, 1.165) is 11.3 Å². The third-order valence-corrected chi connectivity index (χ3v) is 5.09. The number of rotatable bonds is 7. The lowest BCUT2D eigenvalue weighted by molar-refractivity contribution is -0.119. The fourth-order valence-electron chi connectivity index (χ4n) is 2.91. The fraction of sp³-hybridized carbons (Fsp3) is 0.227. The number of hydrazine groups is 1. The van der Waals surface area contributed by atoms with Crippen LogP contribution in [-0.4, -0.2) is 28.7 Å². The first-order valence-corrected chi connectivity index (χ1v) is 10.5. The lowest BCUT2D eigenvalue weighted by Gasteiger charge is -2.14. The molecule has 2 aromatic carbocycles. The Bertz CT molecular complexity index is 1180. The number of aryl methyl sites for hydroxylation is 2. The number of benzene rings is 2. The monoisotopic (exact) mass is 492 g/mol. The summed E-state index contributed by atoms with van der Waals surface area (Å²) in [5, 5.41) is 4.73. The quantitative estimate of drug-likeness (QED) is 0.479. The third-order valence-electron chi connectivity index (χ3n) is 4.50. The van der Waals surface area contributed by atoms with Gasteiger partial charge in [-0.25, -0.2) is 4.68 Å². The number of carbonyl (C=O) groups excluding carboxylic acids is 2. The van der Waals surface area contributed by atoms with Crippen molar-refractivity contribution in [3.8, 4) is 23.1 Å². The van der Waals surface area contributed by atoms with Crippen LogP contribution in [0, 0.1) is 6.92 Å². The van der Waals surface area contributed by atoms with Gasteiger partial charge in [0.15, 0.2) is 5.75 Å². The van der Waals surface area contributed by atoms with Crippen LogP contribution in [0.4, 0.5) is 0 Å². The molecule has 174 valence electrons. The second kappa shape index (κ2) is 10.5. The molecule has 2 amide bonds. The minimum absolute atomic E-state index is 0.126. The normalized spacial score (nSPS) is 10.5. The summed E-state index contributed by atoms with van der Waals surface area (Å²) in [6.07, 6.45) is 0. The summed E-state index contributed by atoms with van der Waals surface area (Å²) >= 11 is 12.6. The van der Waals surface area contributed by atoms with Gasteiger partial charge in [0.2, 0.25) is 11.8 Å². The van der Waals surface area contributed by atoms with E-state index in [1.54, 1.807) is 21.1 Å². The summed E-state index contributed by atoms with van der Waals surface area (Å²) in [7, 11) is 3.21. The molecular formula is C22H22Cl2N4O5. The number of halogens is 2. The largest absolute Gasteiger partial charge is 0.497 e. The van der Waals surface area contributed by atoms with E-state index in [-0.39, 0.29) is 28.8 Å². The summed E-state index contributed by atoms with van der Waals surface area (Å²) in [6.45, 7) is 3.16. The zero-order valence-corrected chi connectivity index (χ0v) is 19.9. The van der Waals surface area contributed by atoms with E-state index in [1.165, 1.54) is 23.7 Å². The van der Waals surface area contributed by atoms with E-state index in [0.29, 0.717) is 16.5 Å². The molecule has 0 aliphatic carbocycles. The third kappa shape index (κ3) is 5.88.